The molecule has 0 spiro atoms. The Morgan fingerprint density at radius 1 is 1.19 bits per heavy atom. The van der Waals surface area contributed by atoms with Gasteiger partial charge in [0, 0.05) is 21.5 Å². The molecule has 0 bridgehead atoms. The first kappa shape index (κ1) is 21.0. The lowest BCUT2D eigenvalue weighted by Crippen LogP contribution is -2.14. The van der Waals surface area contributed by atoms with Crippen molar-refractivity contribution in [3.05, 3.63) is 59.6 Å². The first-order valence-corrected chi connectivity index (χ1v) is 11.9. The summed E-state index contributed by atoms with van der Waals surface area (Å²) in [6.45, 7) is 0. The number of nitrogens with one attached hydrogen (secondary N) is 2. The fourth-order valence-corrected chi connectivity index (χ4v) is 6.06. The number of nitrogens with zero attached hydrogens (tertiary/aromatic N) is 4. The Labute approximate surface area is 184 Å². The summed E-state index contributed by atoms with van der Waals surface area (Å²) < 4.78 is 29.3. The Hall–Kier alpha value is -3.29. The van der Waals surface area contributed by atoms with Crippen molar-refractivity contribution in [3.8, 4) is 11.4 Å². The summed E-state index contributed by atoms with van der Waals surface area (Å²) in [5.74, 6) is -0.607. The Morgan fingerprint density at radius 2 is 2.00 bits per heavy atom. The SMILES string of the molecule is O=C(O)Cc1csc(Sc2cc(-c3nnn[nH]3)ccc2S(=O)(=O)Nc2ccccc2)n1. The van der Waals surface area contributed by atoms with Crippen LogP contribution in [0.25, 0.3) is 11.4 Å². The van der Waals surface area contributed by atoms with Crippen molar-refractivity contribution >= 4 is 44.8 Å². The molecule has 0 saturated heterocycles. The summed E-state index contributed by atoms with van der Waals surface area (Å²) in [6, 6.07) is 13.3. The number of thiazole rings is 1. The number of aromatic amines is 1. The predicted molar refractivity (Wildman–Crippen MR) is 114 cm³/mol. The molecule has 0 aliphatic rings. The number of tetrazole rings is 1. The van der Waals surface area contributed by atoms with E-state index in [4.69, 9.17) is 5.11 Å². The van der Waals surface area contributed by atoms with Crippen molar-refractivity contribution in [2.75, 3.05) is 4.72 Å². The number of carboxylic acid groups (broad SMARTS) is 1. The smallest absolute Gasteiger partial charge is 0.309 e. The van der Waals surface area contributed by atoms with E-state index in [0.29, 0.717) is 32.0 Å². The van der Waals surface area contributed by atoms with Gasteiger partial charge < -0.3 is 5.11 Å². The minimum atomic E-state index is -3.91. The Kier molecular flexibility index (Phi) is 5.97. The minimum absolute atomic E-state index is 0.0487. The molecule has 0 saturated carbocycles. The molecule has 0 atom stereocenters. The van der Waals surface area contributed by atoms with Gasteiger partial charge in [0.05, 0.1) is 12.1 Å². The van der Waals surface area contributed by atoms with Crippen LogP contribution in [0.1, 0.15) is 5.69 Å². The van der Waals surface area contributed by atoms with Crippen LogP contribution in [0.3, 0.4) is 0 Å². The zero-order valence-corrected chi connectivity index (χ0v) is 18.0. The monoisotopic (exact) mass is 474 g/mol. The average molecular weight is 475 g/mol. The van der Waals surface area contributed by atoms with Crippen LogP contribution in [0.4, 0.5) is 5.69 Å². The molecule has 10 nitrogen and oxygen atoms in total. The van der Waals surface area contributed by atoms with Crippen LogP contribution in [-0.4, -0.2) is 45.1 Å². The largest absolute Gasteiger partial charge is 0.481 e. The summed E-state index contributed by atoms with van der Waals surface area (Å²) in [5, 5.41) is 24.2. The van der Waals surface area contributed by atoms with Crippen molar-refractivity contribution < 1.29 is 18.3 Å². The summed E-state index contributed by atoms with van der Waals surface area (Å²) in [7, 11) is -3.91. The van der Waals surface area contributed by atoms with Crippen LogP contribution < -0.4 is 4.72 Å². The summed E-state index contributed by atoms with van der Waals surface area (Å²) in [4.78, 5) is 15.6. The van der Waals surface area contributed by atoms with E-state index in [0.717, 1.165) is 11.8 Å². The maximum Gasteiger partial charge on any atom is 0.309 e. The van der Waals surface area contributed by atoms with Crippen molar-refractivity contribution in [3.63, 3.8) is 0 Å². The highest BCUT2D eigenvalue weighted by molar-refractivity contribution is 8.02. The van der Waals surface area contributed by atoms with Crippen molar-refractivity contribution in [1.82, 2.24) is 25.6 Å². The third-order valence-electron chi connectivity index (χ3n) is 3.94. The summed E-state index contributed by atoms with van der Waals surface area (Å²) in [6.07, 6.45) is -0.207. The molecule has 2 aromatic carbocycles. The number of para-hydroxylation sites is 1. The lowest BCUT2D eigenvalue weighted by atomic mass is 10.2. The van der Waals surface area contributed by atoms with Gasteiger partial charge in [-0.15, -0.1) is 16.4 Å². The number of hydrogen-bond acceptors (Lipinski definition) is 9. The first-order valence-electron chi connectivity index (χ1n) is 8.71. The Balaban J connectivity index is 1.72. The predicted octanol–water partition coefficient (Wildman–Crippen LogP) is 2.90. The molecular weight excluding hydrogens is 460 g/mol. The lowest BCUT2D eigenvalue weighted by molar-refractivity contribution is -0.136. The van der Waals surface area contributed by atoms with E-state index < -0.39 is 16.0 Å². The number of H-pyrrole nitrogens is 1. The van der Waals surface area contributed by atoms with Gasteiger partial charge in [0.2, 0.25) is 0 Å². The fourth-order valence-electron chi connectivity index (χ4n) is 2.62. The Morgan fingerprint density at radius 3 is 2.71 bits per heavy atom. The highest BCUT2D eigenvalue weighted by atomic mass is 32.2. The quantitative estimate of drug-likeness (QED) is 0.350. The van der Waals surface area contributed by atoms with E-state index in [1.54, 1.807) is 47.8 Å². The molecule has 0 aliphatic carbocycles. The van der Waals surface area contributed by atoms with Gasteiger partial charge in [0.25, 0.3) is 10.0 Å². The average Bonchev–Trinajstić information content (AvgIpc) is 3.40. The molecule has 3 N–H and O–H groups in total. The van der Waals surface area contributed by atoms with E-state index in [1.165, 1.54) is 17.4 Å². The van der Waals surface area contributed by atoms with Gasteiger partial charge in [-0.3, -0.25) is 9.52 Å². The number of aromatic nitrogens is 5. The maximum absolute atomic E-state index is 13.1. The number of carbonyl (C=O) groups is 1. The van der Waals surface area contributed by atoms with Gasteiger partial charge in [-0.1, -0.05) is 30.0 Å². The molecule has 0 fully saturated rings. The van der Waals surface area contributed by atoms with Crippen LogP contribution in [0, 0.1) is 0 Å². The molecule has 0 radical (unpaired) electrons. The topological polar surface area (TPSA) is 151 Å². The normalized spacial score (nSPS) is 11.4. The van der Waals surface area contributed by atoms with Gasteiger partial charge in [-0.25, -0.2) is 18.5 Å². The number of carboxylic acids is 1. The molecule has 0 aliphatic heterocycles. The second-order valence-corrected chi connectivity index (χ2v) is 9.96. The zero-order valence-electron chi connectivity index (χ0n) is 15.6. The molecule has 31 heavy (non-hydrogen) atoms. The van der Waals surface area contributed by atoms with E-state index in [1.807, 2.05) is 0 Å². The van der Waals surface area contributed by atoms with Crippen LogP contribution in [0.15, 0.2) is 68.0 Å². The molecule has 2 aromatic heterocycles. The molecule has 13 heteroatoms. The lowest BCUT2D eigenvalue weighted by Gasteiger charge is -2.12. The van der Waals surface area contributed by atoms with E-state index in [2.05, 4.69) is 30.3 Å². The van der Waals surface area contributed by atoms with Gasteiger partial charge in [-0.2, -0.15) is 0 Å². The Bertz CT molecular complexity index is 1310. The molecule has 4 aromatic rings. The van der Waals surface area contributed by atoms with Crippen molar-refractivity contribution in [2.24, 2.45) is 0 Å². The third kappa shape index (κ3) is 5.07. The maximum atomic E-state index is 13.1. The molecule has 4 rings (SSSR count). The third-order valence-corrected chi connectivity index (χ3v) is 7.55. The van der Waals surface area contributed by atoms with E-state index in [9.17, 15) is 13.2 Å². The van der Waals surface area contributed by atoms with E-state index >= 15 is 0 Å². The van der Waals surface area contributed by atoms with Gasteiger partial charge in [0.1, 0.15) is 4.90 Å². The second-order valence-electron chi connectivity index (χ2n) is 6.16. The first-order chi connectivity index (χ1) is 14.9. The van der Waals surface area contributed by atoms with Crippen LogP contribution in [-0.2, 0) is 21.2 Å². The summed E-state index contributed by atoms with van der Waals surface area (Å²) >= 11 is 2.36. The van der Waals surface area contributed by atoms with Gasteiger partial charge in [0.15, 0.2) is 10.2 Å². The van der Waals surface area contributed by atoms with Crippen molar-refractivity contribution in [2.45, 2.75) is 20.6 Å². The van der Waals surface area contributed by atoms with Gasteiger partial charge >= 0.3 is 5.97 Å². The van der Waals surface area contributed by atoms with E-state index in [-0.39, 0.29) is 11.3 Å². The molecule has 0 unspecified atom stereocenters. The summed E-state index contributed by atoms with van der Waals surface area (Å²) in [5.41, 5.74) is 1.43. The number of aliphatic carboxylic acids is 1. The minimum Gasteiger partial charge on any atom is -0.481 e. The second kappa shape index (κ2) is 8.83. The van der Waals surface area contributed by atoms with Gasteiger partial charge in [-0.05, 0) is 40.8 Å². The highest BCUT2D eigenvalue weighted by Crippen LogP contribution is 2.37. The molecular formula is C18H14N6O4S3. The molecule has 158 valence electrons. The van der Waals surface area contributed by atoms with Crippen LogP contribution in [0.2, 0.25) is 0 Å². The standard InChI is InChI=1S/C18H14N6O4S3/c25-16(26)9-13-10-29-18(19-13)30-14-8-11(17-20-23-24-21-17)6-7-15(14)31(27,28)22-12-4-2-1-3-5-12/h1-8,10,22H,9H2,(H,25,26)(H,20,21,23,24). The van der Waals surface area contributed by atoms with Crippen LogP contribution in [0.5, 0.6) is 0 Å². The fraction of sp³-hybridized carbons (Fsp3) is 0.0556. The number of sulfonamides is 1. The number of rotatable bonds is 8. The highest BCUT2D eigenvalue weighted by Gasteiger charge is 2.22. The molecule has 2 heterocycles. The van der Waals surface area contributed by atoms with Crippen LogP contribution >= 0.6 is 23.1 Å². The molecule has 0 amide bonds. The number of benzene rings is 2. The number of hydrogen-bond donors (Lipinski definition) is 3. The zero-order chi connectivity index (χ0) is 21.8. The number of anilines is 1. The van der Waals surface area contributed by atoms with Crippen molar-refractivity contribution in [1.29, 1.82) is 0 Å².